The molecule has 67 heavy (non-hydrogen) atoms. The van der Waals surface area contributed by atoms with Gasteiger partial charge in [0.05, 0.1) is 0 Å². The van der Waals surface area contributed by atoms with E-state index in [0.717, 1.165) is 154 Å². The monoisotopic (exact) mass is 923 g/mol. The van der Waals surface area contributed by atoms with Crippen LogP contribution in [0.3, 0.4) is 0 Å². The fraction of sp³-hybridized carbons (Fsp3) is 0.557. The van der Waals surface area contributed by atoms with Crippen molar-refractivity contribution in [3.8, 4) is 0 Å². The molecule has 0 saturated heterocycles. The molecule has 0 amide bonds. The van der Waals surface area contributed by atoms with E-state index in [1.54, 1.807) is 0 Å². The third-order valence-electron chi connectivity index (χ3n) is 10.3. The van der Waals surface area contributed by atoms with Crippen molar-refractivity contribution >= 4 is 17.9 Å². The van der Waals surface area contributed by atoms with Gasteiger partial charge >= 0.3 is 17.9 Å². The molecular weight excluding hydrogens is 829 g/mol. The van der Waals surface area contributed by atoms with Crippen LogP contribution in [-0.2, 0) is 28.6 Å². The predicted molar refractivity (Wildman–Crippen MR) is 288 cm³/mol. The van der Waals surface area contributed by atoms with Gasteiger partial charge < -0.3 is 14.2 Å². The zero-order valence-electron chi connectivity index (χ0n) is 42.6. The number of hydrogen-bond donors (Lipinski definition) is 0. The molecule has 0 aliphatic carbocycles. The molecular formula is C61H94O6. The molecule has 0 heterocycles. The highest BCUT2D eigenvalue weighted by Crippen LogP contribution is 2.12. The van der Waals surface area contributed by atoms with Gasteiger partial charge in [0.25, 0.3) is 0 Å². The van der Waals surface area contributed by atoms with Crippen molar-refractivity contribution in [3.63, 3.8) is 0 Å². The van der Waals surface area contributed by atoms with Gasteiger partial charge in [-0.3, -0.25) is 14.4 Å². The zero-order valence-corrected chi connectivity index (χ0v) is 42.6. The van der Waals surface area contributed by atoms with Crippen LogP contribution in [0.15, 0.2) is 146 Å². The number of carbonyl (C=O) groups is 3. The second kappa shape index (κ2) is 53.9. The van der Waals surface area contributed by atoms with Gasteiger partial charge in [0, 0.05) is 19.3 Å². The first-order valence-electron chi connectivity index (χ1n) is 26.3. The van der Waals surface area contributed by atoms with Crippen molar-refractivity contribution in [3.05, 3.63) is 146 Å². The van der Waals surface area contributed by atoms with Crippen molar-refractivity contribution in [2.24, 2.45) is 0 Å². The molecule has 0 aliphatic heterocycles. The molecule has 0 radical (unpaired) electrons. The number of hydrogen-bond acceptors (Lipinski definition) is 6. The average Bonchev–Trinajstić information content (AvgIpc) is 3.33. The molecule has 6 nitrogen and oxygen atoms in total. The SMILES string of the molecule is CC/C=C\C/C=C\C/C=C\C/C=C\C/C=C\CCCC(=O)O[C@H](COC(=O)CCCCCC/C=C\C/C=C\C/C=C\C/C=C\CC)COC(=O)CCCCCCC/C=C\C/C=C\C/C=C\CC. The molecule has 0 aliphatic rings. The summed E-state index contributed by atoms with van der Waals surface area (Å²) in [7, 11) is 0. The molecule has 0 saturated carbocycles. The second-order valence-electron chi connectivity index (χ2n) is 16.6. The Bertz CT molecular complexity index is 1530. The van der Waals surface area contributed by atoms with Crippen molar-refractivity contribution in [1.29, 1.82) is 0 Å². The van der Waals surface area contributed by atoms with Crippen LogP contribution in [0.2, 0.25) is 0 Å². The highest BCUT2D eigenvalue weighted by molar-refractivity contribution is 5.71. The highest BCUT2D eigenvalue weighted by atomic mass is 16.6. The first-order chi connectivity index (χ1) is 33.0. The molecule has 0 aromatic carbocycles. The van der Waals surface area contributed by atoms with Crippen LogP contribution in [-0.4, -0.2) is 37.2 Å². The van der Waals surface area contributed by atoms with E-state index in [9.17, 15) is 14.4 Å². The number of ether oxygens (including phenoxy) is 3. The van der Waals surface area contributed by atoms with E-state index in [0.29, 0.717) is 19.3 Å². The number of unbranched alkanes of at least 4 members (excludes halogenated alkanes) is 10. The maximum atomic E-state index is 12.8. The maximum absolute atomic E-state index is 12.8. The number of carbonyl (C=O) groups excluding carboxylic acids is 3. The Kier molecular flexibility index (Phi) is 50.1. The summed E-state index contributed by atoms with van der Waals surface area (Å²) in [6, 6.07) is 0. The molecule has 0 rings (SSSR count). The topological polar surface area (TPSA) is 78.9 Å². The normalized spacial score (nSPS) is 13.3. The van der Waals surface area contributed by atoms with E-state index >= 15 is 0 Å². The van der Waals surface area contributed by atoms with Crippen molar-refractivity contribution in [2.45, 2.75) is 207 Å². The van der Waals surface area contributed by atoms with E-state index in [1.807, 2.05) is 0 Å². The summed E-state index contributed by atoms with van der Waals surface area (Å²) < 4.78 is 16.7. The Balaban J connectivity index is 4.59. The van der Waals surface area contributed by atoms with Gasteiger partial charge in [0.15, 0.2) is 6.10 Å². The van der Waals surface area contributed by atoms with Gasteiger partial charge in [-0.05, 0) is 128 Å². The molecule has 1 atom stereocenters. The van der Waals surface area contributed by atoms with Crippen LogP contribution in [0.25, 0.3) is 0 Å². The number of esters is 3. The summed E-state index contributed by atoms with van der Waals surface area (Å²) >= 11 is 0. The first kappa shape index (κ1) is 62.3. The van der Waals surface area contributed by atoms with Gasteiger partial charge in [0.1, 0.15) is 13.2 Å². The lowest BCUT2D eigenvalue weighted by molar-refractivity contribution is -0.167. The Labute approximate surface area is 410 Å². The largest absolute Gasteiger partial charge is 0.462 e. The average molecular weight is 923 g/mol. The Morgan fingerprint density at radius 3 is 0.881 bits per heavy atom. The molecule has 0 spiro atoms. The van der Waals surface area contributed by atoms with Crippen LogP contribution in [0, 0.1) is 0 Å². The summed E-state index contributed by atoms with van der Waals surface area (Å²) in [5.74, 6) is -1.03. The van der Waals surface area contributed by atoms with Crippen molar-refractivity contribution in [1.82, 2.24) is 0 Å². The molecule has 0 aromatic rings. The zero-order chi connectivity index (χ0) is 48.6. The van der Waals surface area contributed by atoms with E-state index in [1.165, 1.54) is 0 Å². The van der Waals surface area contributed by atoms with E-state index in [-0.39, 0.29) is 37.5 Å². The van der Waals surface area contributed by atoms with E-state index < -0.39 is 6.10 Å². The van der Waals surface area contributed by atoms with Crippen LogP contribution >= 0.6 is 0 Å². The third-order valence-corrected chi connectivity index (χ3v) is 10.3. The molecule has 0 bridgehead atoms. The van der Waals surface area contributed by atoms with Gasteiger partial charge in [0.2, 0.25) is 0 Å². The lowest BCUT2D eigenvalue weighted by Gasteiger charge is -2.18. The van der Waals surface area contributed by atoms with Crippen LogP contribution in [0.1, 0.15) is 201 Å². The summed E-state index contributed by atoms with van der Waals surface area (Å²) in [5.41, 5.74) is 0. The van der Waals surface area contributed by atoms with Gasteiger partial charge in [-0.2, -0.15) is 0 Å². The Morgan fingerprint density at radius 1 is 0.299 bits per heavy atom. The molecule has 6 heteroatoms. The van der Waals surface area contributed by atoms with Crippen LogP contribution in [0.4, 0.5) is 0 Å². The highest BCUT2D eigenvalue weighted by Gasteiger charge is 2.19. The Morgan fingerprint density at radius 2 is 0.552 bits per heavy atom. The fourth-order valence-electron chi connectivity index (χ4n) is 6.48. The third kappa shape index (κ3) is 52.1. The van der Waals surface area contributed by atoms with Gasteiger partial charge in [-0.1, -0.05) is 199 Å². The molecule has 0 N–H and O–H groups in total. The minimum absolute atomic E-state index is 0.124. The summed E-state index contributed by atoms with van der Waals surface area (Å²) in [4.78, 5) is 38.0. The predicted octanol–water partition coefficient (Wildman–Crippen LogP) is 17.6. The van der Waals surface area contributed by atoms with Crippen molar-refractivity contribution < 1.29 is 28.6 Å². The minimum Gasteiger partial charge on any atom is -0.462 e. The van der Waals surface area contributed by atoms with Crippen LogP contribution < -0.4 is 0 Å². The smallest absolute Gasteiger partial charge is 0.306 e. The minimum atomic E-state index is -0.832. The van der Waals surface area contributed by atoms with Gasteiger partial charge in [-0.15, -0.1) is 0 Å². The fourth-order valence-corrected chi connectivity index (χ4v) is 6.48. The van der Waals surface area contributed by atoms with E-state index in [4.69, 9.17) is 14.2 Å². The quantitative estimate of drug-likeness (QED) is 0.0262. The Hall–Kier alpha value is -4.71. The first-order valence-corrected chi connectivity index (χ1v) is 26.3. The molecule has 0 unspecified atom stereocenters. The summed E-state index contributed by atoms with van der Waals surface area (Å²) in [5, 5.41) is 0. The molecule has 0 aromatic heterocycles. The van der Waals surface area contributed by atoms with Crippen molar-refractivity contribution in [2.75, 3.05) is 13.2 Å². The summed E-state index contributed by atoms with van der Waals surface area (Å²) in [6.07, 6.45) is 76.9. The van der Waals surface area contributed by atoms with E-state index in [2.05, 4.69) is 167 Å². The number of rotatable bonds is 45. The molecule has 374 valence electrons. The van der Waals surface area contributed by atoms with Crippen LogP contribution in [0.5, 0.6) is 0 Å². The number of allylic oxidation sites excluding steroid dienone is 24. The lowest BCUT2D eigenvalue weighted by atomic mass is 10.1. The standard InChI is InChI=1S/C61H94O6/c1-4-7-10-13-16-19-22-25-28-30-33-36-39-42-45-48-51-54-60(63)66-57-58(56-65-59(62)53-50-47-44-41-38-35-32-27-24-21-18-15-12-9-6-3)67-61(64)55-52-49-46-43-40-37-34-31-29-26-23-20-17-14-11-8-5-2/h7-12,16-21,25-29,32-34,36-37,43,46,58H,4-6,13-15,22-24,30-31,35,38-42,44-45,47-57H2,1-3H3/b10-7-,11-8-,12-9-,19-16-,20-17-,21-18-,28-25-,29-26-,32-27-,36-33-,37-34-,46-43-/t58-/m0/s1. The molecule has 0 fully saturated rings. The lowest BCUT2D eigenvalue weighted by Crippen LogP contribution is -2.30. The maximum Gasteiger partial charge on any atom is 0.306 e. The summed E-state index contributed by atoms with van der Waals surface area (Å²) in [6.45, 7) is 6.19. The second-order valence-corrected chi connectivity index (χ2v) is 16.6. The van der Waals surface area contributed by atoms with Gasteiger partial charge in [-0.25, -0.2) is 0 Å².